The Kier molecular flexibility index (Phi) is 6.65. The summed E-state index contributed by atoms with van der Waals surface area (Å²) in [5.41, 5.74) is -0.613. The number of rotatable bonds is 6. The van der Waals surface area contributed by atoms with Crippen LogP contribution in [0.2, 0.25) is 0 Å². The summed E-state index contributed by atoms with van der Waals surface area (Å²) in [7, 11) is 0. The predicted molar refractivity (Wildman–Crippen MR) is 121 cm³/mol. The third kappa shape index (κ3) is 5.20. The Morgan fingerprint density at radius 2 is 1.89 bits per heavy atom. The minimum Gasteiger partial charge on any atom is -0.494 e. The molecule has 2 aromatic heterocycles. The van der Waals surface area contributed by atoms with E-state index in [0.29, 0.717) is 5.56 Å². The largest absolute Gasteiger partial charge is 0.494 e. The highest BCUT2D eigenvalue weighted by Gasteiger charge is 2.41. The van der Waals surface area contributed by atoms with E-state index in [1.54, 1.807) is 0 Å². The second kappa shape index (κ2) is 9.38. The van der Waals surface area contributed by atoms with Gasteiger partial charge in [0.15, 0.2) is 5.56 Å². The lowest BCUT2D eigenvalue weighted by Crippen LogP contribution is -2.41. The average Bonchev–Trinajstić information content (AvgIpc) is 3.49. The van der Waals surface area contributed by atoms with E-state index in [1.165, 1.54) is 27.8 Å². The molecule has 1 aliphatic heterocycles. The highest BCUT2D eigenvalue weighted by Crippen LogP contribution is 2.34. The van der Waals surface area contributed by atoms with Crippen LogP contribution in [0.4, 0.5) is 13.2 Å². The summed E-state index contributed by atoms with van der Waals surface area (Å²) in [5.74, 6) is -2.97. The molecule has 1 aliphatic carbocycles. The fourth-order valence-corrected chi connectivity index (χ4v) is 4.24. The molecule has 35 heavy (non-hydrogen) atoms. The quantitative estimate of drug-likeness (QED) is 0.599. The third-order valence-electron chi connectivity index (χ3n) is 6.27. The Bertz CT molecular complexity index is 1220. The van der Waals surface area contributed by atoms with Crippen LogP contribution in [0.5, 0.6) is 5.88 Å². The number of fused-ring (bicyclic) bond motifs is 1. The molecule has 3 heterocycles. The molecule has 190 valence electrons. The SMILES string of the molecule is CC(C)Cn1c(O)c(C(=O)NC2CC2)c(=O)n2ncc(C=CC(=O)N3CCC(C(F)(F)F)CC3)c12. The normalized spacial score (nSPS) is 17.6. The summed E-state index contributed by atoms with van der Waals surface area (Å²) in [5, 5.41) is 17.7. The number of halogens is 3. The monoisotopic (exact) mass is 495 g/mol. The average molecular weight is 496 g/mol. The number of hydrogen-bond donors (Lipinski definition) is 2. The van der Waals surface area contributed by atoms with E-state index in [0.717, 1.165) is 17.4 Å². The van der Waals surface area contributed by atoms with E-state index in [9.17, 15) is 32.7 Å². The van der Waals surface area contributed by atoms with Crippen LogP contribution in [-0.2, 0) is 11.3 Å². The summed E-state index contributed by atoms with van der Waals surface area (Å²) in [6, 6.07) is -0.0149. The van der Waals surface area contributed by atoms with E-state index >= 15 is 0 Å². The van der Waals surface area contributed by atoms with Gasteiger partial charge < -0.3 is 15.3 Å². The van der Waals surface area contributed by atoms with Crippen LogP contribution >= 0.6 is 0 Å². The van der Waals surface area contributed by atoms with Gasteiger partial charge in [0.25, 0.3) is 11.5 Å². The third-order valence-corrected chi connectivity index (χ3v) is 6.27. The molecule has 0 unspecified atom stereocenters. The van der Waals surface area contributed by atoms with Gasteiger partial charge in [-0.15, -0.1) is 0 Å². The smallest absolute Gasteiger partial charge is 0.391 e. The van der Waals surface area contributed by atoms with E-state index < -0.39 is 40.9 Å². The number of nitrogens with one attached hydrogen (secondary N) is 1. The molecule has 1 saturated carbocycles. The van der Waals surface area contributed by atoms with Crippen LogP contribution in [-0.4, -0.2) is 61.3 Å². The minimum absolute atomic E-state index is 0.000418. The van der Waals surface area contributed by atoms with Crippen molar-refractivity contribution in [3.8, 4) is 5.88 Å². The number of hydrogen-bond acceptors (Lipinski definition) is 5. The fourth-order valence-electron chi connectivity index (χ4n) is 4.24. The molecular weight excluding hydrogens is 467 g/mol. The van der Waals surface area contributed by atoms with Crippen molar-refractivity contribution in [3.63, 3.8) is 0 Å². The Morgan fingerprint density at radius 3 is 2.46 bits per heavy atom. The van der Waals surface area contributed by atoms with Gasteiger partial charge in [-0.3, -0.25) is 19.0 Å². The number of aromatic nitrogens is 3. The van der Waals surface area contributed by atoms with Crippen molar-refractivity contribution in [1.29, 1.82) is 0 Å². The van der Waals surface area contributed by atoms with Crippen LogP contribution < -0.4 is 10.9 Å². The highest BCUT2D eigenvalue weighted by molar-refractivity contribution is 5.97. The molecule has 0 spiro atoms. The standard InChI is InChI=1S/C23H28F3N5O4/c1-13(2)12-30-20-14(3-6-17(32)29-9-7-15(8-10-29)23(24,25)26)11-27-31(20)22(35)18(21(30)34)19(33)28-16-4-5-16/h3,6,11,13,15-16,34H,4-5,7-10,12H2,1-2H3,(H,28,33). The molecule has 2 aromatic rings. The van der Waals surface area contributed by atoms with Crippen LogP contribution in [0, 0.1) is 11.8 Å². The topological polar surface area (TPSA) is 109 Å². The van der Waals surface area contributed by atoms with Crippen LogP contribution in [0.3, 0.4) is 0 Å². The first-order valence-corrected chi connectivity index (χ1v) is 11.7. The van der Waals surface area contributed by atoms with Crippen molar-refractivity contribution in [2.24, 2.45) is 11.8 Å². The Labute approximate surface area is 199 Å². The number of amides is 2. The van der Waals surface area contributed by atoms with Gasteiger partial charge in [0.05, 0.1) is 12.1 Å². The summed E-state index contributed by atoms with van der Waals surface area (Å²) < 4.78 is 41.1. The maximum atomic E-state index is 13.0. The predicted octanol–water partition coefficient (Wildman–Crippen LogP) is 2.56. The molecule has 12 heteroatoms. The number of likely N-dealkylation sites (tertiary alicyclic amines) is 1. The fraction of sp³-hybridized carbons (Fsp3) is 0.565. The first-order chi connectivity index (χ1) is 16.5. The zero-order chi connectivity index (χ0) is 25.5. The van der Waals surface area contributed by atoms with Gasteiger partial charge >= 0.3 is 6.18 Å². The molecule has 2 aliphatic rings. The maximum Gasteiger partial charge on any atom is 0.391 e. The molecular formula is C23H28F3N5O4. The van der Waals surface area contributed by atoms with Gasteiger partial charge in [0.1, 0.15) is 5.65 Å². The summed E-state index contributed by atoms with van der Waals surface area (Å²) >= 11 is 0. The van der Waals surface area contributed by atoms with Crippen LogP contribution in [0.25, 0.3) is 11.7 Å². The molecule has 9 nitrogen and oxygen atoms in total. The maximum absolute atomic E-state index is 13.0. The number of carbonyl (C=O) groups excluding carboxylic acids is 2. The summed E-state index contributed by atoms with van der Waals surface area (Å²) in [6.07, 6.45) is 1.05. The van der Waals surface area contributed by atoms with Crippen LogP contribution in [0.15, 0.2) is 17.1 Å². The Morgan fingerprint density at radius 1 is 1.23 bits per heavy atom. The molecule has 0 bridgehead atoms. The Balaban J connectivity index is 1.63. The number of alkyl halides is 3. The molecule has 0 radical (unpaired) electrons. The van der Waals surface area contributed by atoms with Crippen molar-refractivity contribution >= 4 is 23.5 Å². The summed E-state index contributed by atoms with van der Waals surface area (Å²) in [6.45, 7) is 4.07. The van der Waals surface area contributed by atoms with Gasteiger partial charge in [-0.25, -0.2) is 0 Å². The zero-order valence-electron chi connectivity index (χ0n) is 19.5. The molecule has 0 aromatic carbocycles. The van der Waals surface area contributed by atoms with E-state index in [4.69, 9.17) is 0 Å². The van der Waals surface area contributed by atoms with Crippen LogP contribution in [0.1, 0.15) is 55.5 Å². The van der Waals surface area contributed by atoms with Crippen molar-refractivity contribution < 1.29 is 27.9 Å². The lowest BCUT2D eigenvalue weighted by atomic mass is 9.96. The van der Waals surface area contributed by atoms with Gasteiger partial charge in [0.2, 0.25) is 11.8 Å². The molecule has 2 amide bonds. The summed E-state index contributed by atoms with van der Waals surface area (Å²) in [4.78, 5) is 39.6. The molecule has 1 saturated heterocycles. The van der Waals surface area contributed by atoms with Crippen molar-refractivity contribution in [3.05, 3.63) is 33.8 Å². The highest BCUT2D eigenvalue weighted by atomic mass is 19.4. The lowest BCUT2D eigenvalue weighted by molar-refractivity contribution is -0.186. The first-order valence-electron chi connectivity index (χ1n) is 11.7. The van der Waals surface area contributed by atoms with Gasteiger partial charge in [0, 0.05) is 37.3 Å². The molecule has 2 fully saturated rings. The van der Waals surface area contributed by atoms with E-state index in [2.05, 4.69) is 10.4 Å². The second-order valence-electron chi connectivity index (χ2n) is 9.57. The number of piperidine rings is 1. The van der Waals surface area contributed by atoms with Crippen molar-refractivity contribution in [2.75, 3.05) is 13.1 Å². The molecule has 4 rings (SSSR count). The van der Waals surface area contributed by atoms with Gasteiger partial charge in [-0.2, -0.15) is 22.8 Å². The van der Waals surface area contributed by atoms with Gasteiger partial charge in [-0.05, 0) is 37.7 Å². The zero-order valence-corrected chi connectivity index (χ0v) is 19.5. The lowest BCUT2D eigenvalue weighted by Gasteiger charge is -2.32. The van der Waals surface area contributed by atoms with Gasteiger partial charge in [-0.1, -0.05) is 13.8 Å². The second-order valence-corrected chi connectivity index (χ2v) is 9.57. The minimum atomic E-state index is -4.27. The van der Waals surface area contributed by atoms with Crippen molar-refractivity contribution in [1.82, 2.24) is 24.4 Å². The Hall–Kier alpha value is -3.31. The first kappa shape index (κ1) is 24.8. The molecule has 0 atom stereocenters. The number of carbonyl (C=O) groups is 2. The number of aromatic hydroxyl groups is 1. The molecule has 2 N–H and O–H groups in total. The van der Waals surface area contributed by atoms with E-state index in [1.807, 2.05) is 13.8 Å². The van der Waals surface area contributed by atoms with Crippen molar-refractivity contribution in [2.45, 2.75) is 58.3 Å². The number of nitrogens with zero attached hydrogens (tertiary/aromatic N) is 4. The van der Waals surface area contributed by atoms with E-state index in [-0.39, 0.29) is 50.1 Å².